The summed E-state index contributed by atoms with van der Waals surface area (Å²) in [6, 6.07) is 8.11. The molecule has 0 heterocycles. The molecule has 0 aliphatic carbocycles. The Hall–Kier alpha value is -0.943. The standard InChI is InChI=1S/C15H24O3Si/c1-6-16-19(17-7-2,18-8-3)15-11-9-10-14(12-15)13(4)5/h9-12H,4,6-8H2,1-3,5H3. The summed E-state index contributed by atoms with van der Waals surface area (Å²) in [6.45, 7) is 13.6. The Balaban J connectivity index is 3.21. The van der Waals surface area contributed by atoms with E-state index in [0.717, 1.165) is 16.3 Å². The molecule has 0 bridgehead atoms. The summed E-state index contributed by atoms with van der Waals surface area (Å²) in [6.07, 6.45) is 0. The van der Waals surface area contributed by atoms with Gasteiger partial charge in [-0.2, -0.15) is 0 Å². The normalized spacial score (nSPS) is 11.6. The molecule has 0 saturated heterocycles. The highest BCUT2D eigenvalue weighted by molar-refractivity contribution is 6.75. The van der Waals surface area contributed by atoms with E-state index in [2.05, 4.69) is 12.6 Å². The van der Waals surface area contributed by atoms with Crippen LogP contribution in [0.5, 0.6) is 0 Å². The van der Waals surface area contributed by atoms with Crippen molar-refractivity contribution >= 4 is 19.6 Å². The molecular weight excluding hydrogens is 256 g/mol. The summed E-state index contributed by atoms with van der Waals surface area (Å²) < 4.78 is 17.7. The molecule has 3 nitrogen and oxygen atoms in total. The lowest BCUT2D eigenvalue weighted by Gasteiger charge is -2.28. The first-order valence-corrected chi connectivity index (χ1v) is 8.50. The lowest BCUT2D eigenvalue weighted by atomic mass is 10.1. The quantitative estimate of drug-likeness (QED) is 0.685. The van der Waals surface area contributed by atoms with Gasteiger partial charge in [-0.15, -0.1) is 0 Å². The summed E-state index contributed by atoms with van der Waals surface area (Å²) in [5.74, 6) is 0. The van der Waals surface area contributed by atoms with Crippen molar-refractivity contribution in [2.45, 2.75) is 27.7 Å². The second kappa shape index (κ2) is 7.60. The molecule has 0 aliphatic heterocycles. The smallest absolute Gasteiger partial charge is 0.370 e. The van der Waals surface area contributed by atoms with Gasteiger partial charge in [0, 0.05) is 25.0 Å². The van der Waals surface area contributed by atoms with Gasteiger partial charge in [0.05, 0.1) is 0 Å². The van der Waals surface area contributed by atoms with E-state index in [1.54, 1.807) is 0 Å². The largest absolute Gasteiger partial charge is 0.537 e. The molecule has 1 rings (SSSR count). The van der Waals surface area contributed by atoms with Crippen LogP contribution in [0.25, 0.3) is 5.57 Å². The van der Waals surface area contributed by atoms with Crippen LogP contribution in [-0.4, -0.2) is 28.6 Å². The Kier molecular flexibility index (Phi) is 6.44. The molecule has 0 atom stereocenters. The van der Waals surface area contributed by atoms with Crippen molar-refractivity contribution < 1.29 is 13.3 Å². The maximum atomic E-state index is 5.90. The van der Waals surface area contributed by atoms with Crippen molar-refractivity contribution in [2.24, 2.45) is 0 Å². The van der Waals surface area contributed by atoms with Crippen molar-refractivity contribution in [3.63, 3.8) is 0 Å². The first kappa shape index (κ1) is 16.1. The Morgan fingerprint density at radius 3 is 2.00 bits per heavy atom. The predicted molar refractivity (Wildman–Crippen MR) is 81.4 cm³/mol. The minimum Gasteiger partial charge on any atom is -0.370 e. The fraction of sp³-hybridized carbons (Fsp3) is 0.467. The first-order valence-electron chi connectivity index (χ1n) is 6.77. The Morgan fingerprint density at radius 2 is 1.58 bits per heavy atom. The van der Waals surface area contributed by atoms with Crippen LogP contribution < -0.4 is 5.19 Å². The summed E-state index contributed by atoms with van der Waals surface area (Å²) in [4.78, 5) is 0. The highest BCUT2D eigenvalue weighted by atomic mass is 28.4. The summed E-state index contributed by atoms with van der Waals surface area (Å²) >= 11 is 0. The minimum absolute atomic E-state index is 0.573. The number of benzene rings is 1. The number of hydrogen-bond acceptors (Lipinski definition) is 3. The zero-order chi connectivity index (χ0) is 14.3. The monoisotopic (exact) mass is 280 g/mol. The molecule has 1 aromatic rings. The third-order valence-electron chi connectivity index (χ3n) is 2.71. The number of hydrogen-bond donors (Lipinski definition) is 0. The van der Waals surface area contributed by atoms with Crippen molar-refractivity contribution in [1.29, 1.82) is 0 Å². The fourth-order valence-corrected chi connectivity index (χ4v) is 4.44. The predicted octanol–water partition coefficient (Wildman–Crippen LogP) is 2.98. The third kappa shape index (κ3) is 4.01. The molecule has 0 spiro atoms. The fourth-order valence-electron chi connectivity index (χ4n) is 1.92. The number of allylic oxidation sites excluding steroid dienone is 1. The molecular formula is C15H24O3Si. The molecule has 0 saturated carbocycles. The minimum atomic E-state index is -2.79. The van der Waals surface area contributed by atoms with Crippen molar-refractivity contribution in [2.75, 3.05) is 19.8 Å². The van der Waals surface area contributed by atoms with Gasteiger partial charge in [-0.3, -0.25) is 0 Å². The molecule has 4 heteroatoms. The molecule has 0 aromatic heterocycles. The second-order valence-electron chi connectivity index (χ2n) is 4.22. The maximum Gasteiger partial charge on any atom is 0.537 e. The Bertz CT molecular complexity index is 401. The Morgan fingerprint density at radius 1 is 1.05 bits per heavy atom. The van der Waals surface area contributed by atoms with Crippen LogP contribution in [0.15, 0.2) is 30.8 Å². The molecule has 1 aromatic carbocycles. The van der Waals surface area contributed by atoms with E-state index in [-0.39, 0.29) is 0 Å². The van der Waals surface area contributed by atoms with Gasteiger partial charge in [0.2, 0.25) is 0 Å². The van der Waals surface area contributed by atoms with Crippen molar-refractivity contribution in [3.05, 3.63) is 36.4 Å². The summed E-state index contributed by atoms with van der Waals surface area (Å²) in [5, 5.41) is 0.999. The molecule has 106 valence electrons. The molecule has 0 radical (unpaired) electrons. The molecule has 0 fully saturated rings. The second-order valence-corrected chi connectivity index (χ2v) is 6.77. The molecule has 0 aliphatic rings. The van der Waals surface area contributed by atoms with Crippen LogP contribution in [0.1, 0.15) is 33.3 Å². The zero-order valence-electron chi connectivity index (χ0n) is 12.4. The van der Waals surface area contributed by atoms with Gasteiger partial charge in [0.15, 0.2) is 0 Å². The summed E-state index contributed by atoms with van der Waals surface area (Å²) in [5.41, 5.74) is 2.11. The highest BCUT2D eigenvalue weighted by Crippen LogP contribution is 2.15. The SMILES string of the molecule is C=C(C)c1cccc([Si](OCC)(OCC)OCC)c1. The molecule has 19 heavy (non-hydrogen) atoms. The van der Waals surface area contributed by atoms with E-state index in [0.29, 0.717) is 19.8 Å². The van der Waals surface area contributed by atoms with E-state index >= 15 is 0 Å². The molecule has 0 amide bonds. The van der Waals surface area contributed by atoms with Crippen LogP contribution in [-0.2, 0) is 13.3 Å². The highest BCUT2D eigenvalue weighted by Gasteiger charge is 2.43. The van der Waals surface area contributed by atoms with Crippen LogP contribution in [0.2, 0.25) is 0 Å². The van der Waals surface area contributed by atoms with E-state index in [4.69, 9.17) is 13.3 Å². The van der Waals surface area contributed by atoms with E-state index in [9.17, 15) is 0 Å². The third-order valence-corrected chi connectivity index (χ3v) is 5.74. The van der Waals surface area contributed by atoms with Crippen LogP contribution in [0.3, 0.4) is 0 Å². The van der Waals surface area contributed by atoms with E-state index < -0.39 is 8.80 Å². The molecule has 0 N–H and O–H groups in total. The lowest BCUT2D eigenvalue weighted by Crippen LogP contribution is -2.57. The summed E-state index contributed by atoms with van der Waals surface area (Å²) in [7, 11) is -2.79. The average molecular weight is 280 g/mol. The van der Waals surface area contributed by atoms with Gasteiger partial charge in [0.1, 0.15) is 0 Å². The van der Waals surface area contributed by atoms with Crippen LogP contribution >= 0.6 is 0 Å². The van der Waals surface area contributed by atoms with E-state index in [1.807, 2.05) is 45.9 Å². The average Bonchev–Trinajstić information content (AvgIpc) is 2.39. The lowest BCUT2D eigenvalue weighted by molar-refractivity contribution is 0.0859. The van der Waals surface area contributed by atoms with Gasteiger partial charge in [-0.1, -0.05) is 30.4 Å². The number of rotatable bonds is 8. The van der Waals surface area contributed by atoms with Crippen LogP contribution in [0, 0.1) is 0 Å². The van der Waals surface area contributed by atoms with Crippen molar-refractivity contribution in [3.8, 4) is 0 Å². The van der Waals surface area contributed by atoms with Gasteiger partial charge in [-0.05, 0) is 39.3 Å². The topological polar surface area (TPSA) is 27.7 Å². The van der Waals surface area contributed by atoms with Gasteiger partial charge in [0.25, 0.3) is 0 Å². The van der Waals surface area contributed by atoms with Gasteiger partial charge >= 0.3 is 8.80 Å². The van der Waals surface area contributed by atoms with Gasteiger partial charge < -0.3 is 13.3 Å². The van der Waals surface area contributed by atoms with Gasteiger partial charge in [-0.25, -0.2) is 0 Å². The zero-order valence-corrected chi connectivity index (χ0v) is 13.4. The Labute approximate surface area is 117 Å². The first-order chi connectivity index (χ1) is 9.09. The maximum absolute atomic E-state index is 5.90. The van der Waals surface area contributed by atoms with Crippen LogP contribution in [0.4, 0.5) is 0 Å². The molecule has 0 unspecified atom stereocenters. The van der Waals surface area contributed by atoms with Crippen molar-refractivity contribution in [1.82, 2.24) is 0 Å². The van der Waals surface area contributed by atoms with E-state index in [1.165, 1.54) is 0 Å².